The van der Waals surface area contributed by atoms with Gasteiger partial charge in [0.15, 0.2) is 0 Å². The standard InChI is InChI=1S/C24H23Cl2N7O/c1-32-9-11-33(12-10-32)23-29-22(30-24(31-23)34-18-5-3-2-4-6-18)28-21-14-17(15-27-21)16-7-8-19(25)20(26)13-16/h2-8,13-14H,9-12,15H2,1H3,(H,27,28,29,30,31). The van der Waals surface area contributed by atoms with Crippen molar-refractivity contribution in [3.63, 3.8) is 0 Å². The quantitative estimate of drug-likeness (QED) is 0.552. The molecule has 2 aromatic carbocycles. The Balaban J connectivity index is 1.39. The summed E-state index contributed by atoms with van der Waals surface area (Å²) in [5, 5.41) is 4.25. The molecule has 2 aliphatic rings. The lowest BCUT2D eigenvalue weighted by Gasteiger charge is -2.32. The van der Waals surface area contributed by atoms with Crippen LogP contribution in [-0.4, -0.2) is 65.5 Å². The van der Waals surface area contributed by atoms with Crippen LogP contribution in [0, 0.1) is 0 Å². The van der Waals surface area contributed by atoms with Gasteiger partial charge in [-0.05, 0) is 48.5 Å². The third kappa shape index (κ3) is 5.30. The number of rotatable bonds is 5. The highest BCUT2D eigenvalue weighted by Crippen LogP contribution is 2.28. The summed E-state index contributed by atoms with van der Waals surface area (Å²) in [6.45, 7) is 4.04. The van der Waals surface area contributed by atoms with Gasteiger partial charge >= 0.3 is 6.01 Å². The zero-order chi connectivity index (χ0) is 23.5. The van der Waals surface area contributed by atoms with Gasteiger partial charge in [0, 0.05) is 26.2 Å². The first kappa shape index (κ1) is 22.6. The fourth-order valence-electron chi connectivity index (χ4n) is 3.68. The van der Waals surface area contributed by atoms with Gasteiger partial charge in [-0.15, -0.1) is 0 Å². The summed E-state index contributed by atoms with van der Waals surface area (Å²) < 4.78 is 5.93. The van der Waals surface area contributed by atoms with E-state index in [0.717, 1.165) is 37.3 Å². The Morgan fingerprint density at radius 1 is 0.912 bits per heavy atom. The van der Waals surface area contributed by atoms with Gasteiger partial charge < -0.3 is 19.9 Å². The molecule has 0 amide bonds. The van der Waals surface area contributed by atoms with Gasteiger partial charge in [-0.2, -0.15) is 15.0 Å². The number of aliphatic imine (C=N–C) groups is 1. The van der Waals surface area contributed by atoms with Crippen molar-refractivity contribution in [2.24, 2.45) is 4.99 Å². The molecule has 10 heteroatoms. The number of piperazine rings is 1. The predicted octanol–water partition coefficient (Wildman–Crippen LogP) is 4.63. The molecule has 0 saturated carbocycles. The molecule has 0 aliphatic carbocycles. The molecule has 0 radical (unpaired) electrons. The van der Waals surface area contributed by atoms with Gasteiger partial charge in [-0.3, -0.25) is 4.99 Å². The Labute approximate surface area is 207 Å². The van der Waals surface area contributed by atoms with Crippen LogP contribution in [0.2, 0.25) is 10.0 Å². The molecule has 8 nitrogen and oxygen atoms in total. The second-order valence-corrected chi connectivity index (χ2v) is 8.89. The fraction of sp³-hybridized carbons (Fsp3) is 0.250. The van der Waals surface area contributed by atoms with Crippen LogP contribution in [0.25, 0.3) is 5.57 Å². The fourth-order valence-corrected chi connectivity index (χ4v) is 3.97. The van der Waals surface area contributed by atoms with E-state index in [9.17, 15) is 0 Å². The van der Waals surface area contributed by atoms with Crippen molar-refractivity contribution in [1.82, 2.24) is 19.9 Å². The molecule has 1 aromatic heterocycles. The highest BCUT2D eigenvalue weighted by Gasteiger charge is 2.20. The lowest BCUT2D eigenvalue weighted by Crippen LogP contribution is -2.45. The van der Waals surface area contributed by atoms with Gasteiger partial charge in [0.1, 0.15) is 11.6 Å². The number of hydrogen-bond acceptors (Lipinski definition) is 8. The zero-order valence-electron chi connectivity index (χ0n) is 18.6. The van der Waals surface area contributed by atoms with Crippen molar-refractivity contribution in [3.05, 3.63) is 70.2 Å². The normalized spacial score (nSPS) is 16.3. The van der Waals surface area contributed by atoms with Crippen molar-refractivity contribution in [1.29, 1.82) is 0 Å². The summed E-state index contributed by atoms with van der Waals surface area (Å²) in [4.78, 5) is 22.7. The molecule has 0 spiro atoms. The lowest BCUT2D eigenvalue weighted by molar-refractivity contribution is 0.310. The lowest BCUT2D eigenvalue weighted by atomic mass is 10.1. The van der Waals surface area contributed by atoms with E-state index < -0.39 is 0 Å². The Hall–Kier alpha value is -3.20. The van der Waals surface area contributed by atoms with Crippen LogP contribution in [0.5, 0.6) is 11.8 Å². The number of hydrogen-bond donors (Lipinski definition) is 1. The molecule has 3 aromatic rings. The van der Waals surface area contributed by atoms with E-state index in [2.05, 4.69) is 42.1 Å². The van der Waals surface area contributed by atoms with Crippen molar-refractivity contribution in [3.8, 4) is 11.8 Å². The molecule has 34 heavy (non-hydrogen) atoms. The van der Waals surface area contributed by atoms with Gasteiger partial charge in [-0.25, -0.2) is 0 Å². The van der Waals surface area contributed by atoms with Crippen LogP contribution in [0.15, 0.2) is 59.6 Å². The first-order valence-corrected chi connectivity index (χ1v) is 11.7. The van der Waals surface area contributed by atoms with E-state index in [1.54, 1.807) is 6.07 Å². The number of nitrogens with zero attached hydrogens (tertiary/aromatic N) is 6. The highest BCUT2D eigenvalue weighted by molar-refractivity contribution is 6.42. The summed E-state index contributed by atoms with van der Waals surface area (Å²) in [5.74, 6) is 2.26. The van der Waals surface area contributed by atoms with E-state index in [-0.39, 0.29) is 6.01 Å². The SMILES string of the molecule is CN1CCN(c2nc(NC3=NCC(c4ccc(Cl)c(Cl)c4)=C3)nc(Oc3ccccc3)n2)CC1. The minimum atomic E-state index is 0.227. The van der Waals surface area contributed by atoms with E-state index in [1.165, 1.54) is 0 Å². The summed E-state index contributed by atoms with van der Waals surface area (Å²) in [6, 6.07) is 15.2. The predicted molar refractivity (Wildman–Crippen MR) is 136 cm³/mol. The van der Waals surface area contributed by atoms with Gasteiger partial charge in [0.05, 0.1) is 16.6 Å². The van der Waals surface area contributed by atoms with E-state index in [0.29, 0.717) is 40.1 Å². The molecule has 3 heterocycles. The summed E-state index contributed by atoms with van der Waals surface area (Å²) in [6.07, 6.45) is 1.95. The minimum absolute atomic E-state index is 0.227. The number of halogens is 2. The Kier molecular flexibility index (Phi) is 6.62. The second-order valence-electron chi connectivity index (χ2n) is 8.07. The summed E-state index contributed by atoms with van der Waals surface area (Å²) in [5.41, 5.74) is 1.99. The molecule has 5 rings (SSSR count). The van der Waals surface area contributed by atoms with Crippen LogP contribution in [0.4, 0.5) is 11.9 Å². The average molecular weight is 496 g/mol. The number of amidine groups is 1. The molecule has 0 unspecified atom stereocenters. The van der Waals surface area contributed by atoms with Crippen LogP contribution in [-0.2, 0) is 0 Å². The number of benzene rings is 2. The van der Waals surface area contributed by atoms with E-state index >= 15 is 0 Å². The maximum absolute atomic E-state index is 6.18. The maximum Gasteiger partial charge on any atom is 0.328 e. The average Bonchev–Trinajstić information content (AvgIpc) is 3.30. The Bertz CT molecular complexity index is 1240. The van der Waals surface area contributed by atoms with Crippen molar-refractivity contribution in [2.75, 3.05) is 50.0 Å². The Morgan fingerprint density at radius 2 is 1.71 bits per heavy atom. The number of likely N-dealkylation sites (N-methyl/N-ethyl adjacent to an activating group) is 1. The number of para-hydroxylation sites is 1. The monoisotopic (exact) mass is 495 g/mol. The van der Waals surface area contributed by atoms with Crippen LogP contribution in [0.3, 0.4) is 0 Å². The van der Waals surface area contributed by atoms with Crippen LogP contribution >= 0.6 is 23.2 Å². The third-order valence-corrected chi connectivity index (χ3v) is 6.34. The number of ether oxygens (including phenoxy) is 1. The van der Waals surface area contributed by atoms with Crippen LogP contribution in [0.1, 0.15) is 5.56 Å². The first-order valence-electron chi connectivity index (χ1n) is 10.9. The topological polar surface area (TPSA) is 78.8 Å². The largest absolute Gasteiger partial charge is 0.424 e. The molecular formula is C24H23Cl2N7O. The molecule has 1 saturated heterocycles. The number of aromatic nitrogens is 3. The molecule has 1 N–H and O–H groups in total. The van der Waals surface area contributed by atoms with Crippen molar-refractivity contribution in [2.45, 2.75) is 0 Å². The van der Waals surface area contributed by atoms with Gasteiger partial charge in [0.25, 0.3) is 0 Å². The number of anilines is 2. The molecular weight excluding hydrogens is 473 g/mol. The van der Waals surface area contributed by atoms with Gasteiger partial charge in [0.2, 0.25) is 11.9 Å². The zero-order valence-corrected chi connectivity index (χ0v) is 20.1. The number of nitrogens with one attached hydrogen (secondary N) is 1. The third-order valence-electron chi connectivity index (χ3n) is 5.60. The maximum atomic E-state index is 6.18. The molecule has 1 fully saturated rings. The summed E-state index contributed by atoms with van der Waals surface area (Å²) >= 11 is 12.2. The van der Waals surface area contributed by atoms with E-state index in [1.807, 2.05) is 48.5 Å². The molecule has 0 atom stereocenters. The second kappa shape index (κ2) is 9.97. The highest BCUT2D eigenvalue weighted by atomic mass is 35.5. The van der Waals surface area contributed by atoms with Gasteiger partial charge in [-0.1, -0.05) is 47.5 Å². The summed E-state index contributed by atoms with van der Waals surface area (Å²) in [7, 11) is 2.11. The van der Waals surface area contributed by atoms with Crippen LogP contribution < -0.4 is 15.0 Å². The molecule has 0 bridgehead atoms. The minimum Gasteiger partial charge on any atom is -0.424 e. The van der Waals surface area contributed by atoms with E-state index in [4.69, 9.17) is 27.9 Å². The first-order chi connectivity index (χ1) is 16.5. The van der Waals surface area contributed by atoms with Crippen molar-refractivity contribution >= 4 is 46.5 Å². The Morgan fingerprint density at radius 3 is 2.47 bits per heavy atom. The molecule has 2 aliphatic heterocycles. The van der Waals surface area contributed by atoms with Crippen molar-refractivity contribution < 1.29 is 4.74 Å². The molecule has 174 valence electrons. The smallest absolute Gasteiger partial charge is 0.328 e.